The van der Waals surface area contributed by atoms with Crippen LogP contribution in [0.15, 0.2) is 382 Å². The van der Waals surface area contributed by atoms with Crippen molar-refractivity contribution in [3.8, 4) is 102 Å². The summed E-state index contributed by atoms with van der Waals surface area (Å²) in [5.41, 5.74) is 24.5. The van der Waals surface area contributed by atoms with Gasteiger partial charge >= 0.3 is 0 Å². The van der Waals surface area contributed by atoms with Gasteiger partial charge in [-0.3, -0.25) is 4.57 Å². The van der Waals surface area contributed by atoms with E-state index in [4.69, 9.17) is 24.9 Å². The van der Waals surface area contributed by atoms with Crippen LogP contribution in [0.3, 0.4) is 0 Å². The second-order valence-corrected chi connectivity index (χ2v) is 26.8. The van der Waals surface area contributed by atoms with Crippen LogP contribution in [-0.4, -0.2) is 43.2 Å². The Labute approximate surface area is 610 Å². The van der Waals surface area contributed by atoms with E-state index in [-0.39, 0.29) is 0 Å². The molecule has 0 saturated carbocycles. The second kappa shape index (κ2) is 25.9. The molecule has 15 aromatic carbocycles. The Kier molecular flexibility index (Phi) is 15.0. The van der Waals surface area contributed by atoms with Crippen LogP contribution >= 0.6 is 0 Å². The second-order valence-electron chi connectivity index (χ2n) is 26.8. The summed E-state index contributed by atoms with van der Waals surface area (Å²) in [6.45, 7) is 0. The summed E-state index contributed by atoms with van der Waals surface area (Å²) in [6, 6.07) is 133. The average Bonchev–Trinajstić information content (AvgIpc) is 1.59. The Morgan fingerprint density at radius 2 is 0.453 bits per heavy atom. The number of para-hydroxylation sites is 6. The zero-order valence-corrected chi connectivity index (χ0v) is 57.4. The highest BCUT2D eigenvalue weighted by Crippen LogP contribution is 2.42. The average molecular weight is 1350 g/mol. The zero-order chi connectivity index (χ0) is 70.0. The molecule has 0 saturated heterocycles. The molecular formula is C97H63N9. The van der Waals surface area contributed by atoms with Crippen LogP contribution in [0.1, 0.15) is 0 Å². The van der Waals surface area contributed by atoms with E-state index in [0.717, 1.165) is 72.6 Å². The molecule has 0 fully saturated rings. The van der Waals surface area contributed by atoms with Gasteiger partial charge in [0.15, 0.2) is 17.5 Å². The Morgan fingerprint density at radius 1 is 0.170 bits per heavy atom. The normalized spacial score (nSPS) is 11.6. The van der Waals surface area contributed by atoms with Crippen molar-refractivity contribution in [1.82, 2.24) is 43.2 Å². The van der Waals surface area contributed by atoms with Crippen molar-refractivity contribution >= 4 is 87.2 Å². The number of benzene rings is 15. The SMILES string of the molecule is c1ccc(-c2cccc(-c3ccnc(-n4c5ccccc5c5cc(-c6ccc7c(c6)c6ccccc6n7-c6ccccc6)ccc54)n3)c2)cc1.c1ccc(-c2nc(-c3ccccc3)nc(-c3ccc(-n4c5ccccc5c5cc(-c6ccc7c(c6)c6ccccc6n7-c6ccccc6)ccc54)cc3)n2)cc1. The number of aromatic nitrogens is 9. The Hall–Kier alpha value is -14.4. The van der Waals surface area contributed by atoms with E-state index < -0.39 is 0 Å². The van der Waals surface area contributed by atoms with Crippen LogP contribution in [0.25, 0.3) is 189 Å². The molecule has 0 aliphatic rings. The molecule has 0 radical (unpaired) electrons. The third kappa shape index (κ3) is 10.8. The first-order valence-corrected chi connectivity index (χ1v) is 35.8. The summed E-state index contributed by atoms with van der Waals surface area (Å²) in [6.07, 6.45) is 1.86. The van der Waals surface area contributed by atoms with Crippen LogP contribution in [0.2, 0.25) is 0 Å². The molecule has 0 N–H and O–H groups in total. The van der Waals surface area contributed by atoms with E-state index in [0.29, 0.717) is 23.4 Å². The molecule has 0 amide bonds. The first kappa shape index (κ1) is 61.5. The molecule has 106 heavy (non-hydrogen) atoms. The molecule has 21 aromatic rings. The lowest BCUT2D eigenvalue weighted by Gasteiger charge is -2.11. The number of rotatable bonds is 11. The van der Waals surface area contributed by atoms with Gasteiger partial charge in [0, 0.05) is 88.6 Å². The lowest BCUT2D eigenvalue weighted by atomic mass is 10.0. The van der Waals surface area contributed by atoms with Crippen molar-refractivity contribution in [3.63, 3.8) is 0 Å². The maximum atomic E-state index is 5.14. The minimum absolute atomic E-state index is 0.639. The quantitative estimate of drug-likeness (QED) is 0.129. The van der Waals surface area contributed by atoms with Crippen molar-refractivity contribution in [3.05, 3.63) is 382 Å². The Bertz CT molecular complexity index is 6860. The zero-order valence-electron chi connectivity index (χ0n) is 57.4. The van der Waals surface area contributed by atoms with Gasteiger partial charge in [-0.25, -0.2) is 24.9 Å². The topological polar surface area (TPSA) is 84.2 Å². The van der Waals surface area contributed by atoms with Gasteiger partial charge in [0.1, 0.15) is 0 Å². The van der Waals surface area contributed by atoms with Crippen molar-refractivity contribution in [2.24, 2.45) is 0 Å². The monoisotopic (exact) mass is 1350 g/mol. The van der Waals surface area contributed by atoms with Crippen LogP contribution in [-0.2, 0) is 0 Å². The summed E-state index contributed by atoms with van der Waals surface area (Å²) >= 11 is 0. The number of fused-ring (bicyclic) bond motifs is 12. The lowest BCUT2D eigenvalue weighted by molar-refractivity contribution is 0.992. The molecule has 9 nitrogen and oxygen atoms in total. The first-order valence-electron chi connectivity index (χ1n) is 35.8. The van der Waals surface area contributed by atoms with Gasteiger partial charge in [0.25, 0.3) is 0 Å². The van der Waals surface area contributed by atoms with E-state index in [1.165, 1.54) is 93.0 Å². The molecule has 9 heteroatoms. The molecule has 0 atom stereocenters. The molecule has 496 valence electrons. The molecule has 0 aliphatic carbocycles. The number of hydrogen-bond donors (Lipinski definition) is 0. The first-order chi connectivity index (χ1) is 52.6. The fourth-order valence-electron chi connectivity index (χ4n) is 15.6. The van der Waals surface area contributed by atoms with E-state index >= 15 is 0 Å². The van der Waals surface area contributed by atoms with E-state index in [1.54, 1.807) is 0 Å². The van der Waals surface area contributed by atoms with Gasteiger partial charge in [-0.2, -0.15) is 0 Å². The standard InChI is InChI=1S/C51H33N5.C46H30N4/c1-4-14-34(15-5-1)49-52-50(35-16-6-2-7-17-35)54-51(53-49)36-24-28-40(29-25-36)56-46-23-13-11-21-42(46)44-33-38(27-31-48(44)56)37-26-30-47-43(32-37)41-20-10-12-22-45(41)55(47)39-18-8-3-9-19-39;1-3-12-31(13-4-1)32-14-11-15-35(28-32)41-26-27-47-46(48-41)50-43-21-10-8-19-38(43)40-30-34(23-25-45(40)50)33-22-24-44-39(29-33)37-18-7-9-20-42(37)49(44)36-16-5-2-6-17-36/h1-33H;1-30H. The fourth-order valence-corrected chi connectivity index (χ4v) is 15.6. The summed E-state index contributed by atoms with van der Waals surface area (Å²) in [5.74, 6) is 2.59. The van der Waals surface area contributed by atoms with Gasteiger partial charge < -0.3 is 13.7 Å². The van der Waals surface area contributed by atoms with E-state index in [2.05, 4.69) is 322 Å². The van der Waals surface area contributed by atoms with Gasteiger partial charge in [0.2, 0.25) is 5.95 Å². The van der Waals surface area contributed by atoms with Gasteiger partial charge in [-0.1, -0.05) is 243 Å². The molecule has 21 rings (SSSR count). The molecule has 0 spiro atoms. The number of hydrogen-bond acceptors (Lipinski definition) is 5. The van der Waals surface area contributed by atoms with Crippen molar-refractivity contribution in [1.29, 1.82) is 0 Å². The largest absolute Gasteiger partial charge is 0.309 e. The maximum Gasteiger partial charge on any atom is 0.235 e. The highest BCUT2D eigenvalue weighted by Gasteiger charge is 2.21. The molecule has 0 aliphatic heterocycles. The van der Waals surface area contributed by atoms with Gasteiger partial charge in [0.05, 0.1) is 49.8 Å². The molecule has 6 aromatic heterocycles. The maximum absolute atomic E-state index is 5.14. The van der Waals surface area contributed by atoms with Crippen LogP contribution in [0, 0.1) is 0 Å². The minimum atomic E-state index is 0.639. The molecule has 6 heterocycles. The predicted molar refractivity (Wildman–Crippen MR) is 437 cm³/mol. The minimum Gasteiger partial charge on any atom is -0.309 e. The molecular weight excluding hydrogens is 1290 g/mol. The molecule has 0 bridgehead atoms. The van der Waals surface area contributed by atoms with Crippen LogP contribution in [0.4, 0.5) is 0 Å². The van der Waals surface area contributed by atoms with Gasteiger partial charge in [-0.05, 0) is 167 Å². The predicted octanol–water partition coefficient (Wildman–Crippen LogP) is 24.4. The number of nitrogens with zero attached hydrogens (tertiary/aromatic N) is 9. The highest BCUT2D eigenvalue weighted by molar-refractivity contribution is 6.15. The smallest absolute Gasteiger partial charge is 0.235 e. The summed E-state index contributed by atoms with van der Waals surface area (Å²) in [7, 11) is 0. The van der Waals surface area contributed by atoms with E-state index in [1.807, 2.05) is 79.0 Å². The van der Waals surface area contributed by atoms with Crippen LogP contribution in [0.5, 0.6) is 0 Å². The third-order valence-corrected chi connectivity index (χ3v) is 20.6. The highest BCUT2D eigenvalue weighted by atomic mass is 15.2. The fraction of sp³-hybridized carbons (Fsp3) is 0. The summed E-state index contributed by atoms with van der Waals surface area (Å²) in [5, 5.41) is 9.76. The molecule has 0 unspecified atom stereocenters. The summed E-state index contributed by atoms with van der Waals surface area (Å²) < 4.78 is 9.27. The van der Waals surface area contributed by atoms with Crippen molar-refractivity contribution in [2.75, 3.05) is 0 Å². The Morgan fingerprint density at radius 3 is 0.858 bits per heavy atom. The van der Waals surface area contributed by atoms with Crippen LogP contribution < -0.4 is 0 Å². The van der Waals surface area contributed by atoms with Crippen molar-refractivity contribution < 1.29 is 0 Å². The van der Waals surface area contributed by atoms with E-state index in [9.17, 15) is 0 Å². The Balaban J connectivity index is 0.000000141. The van der Waals surface area contributed by atoms with Crippen molar-refractivity contribution in [2.45, 2.75) is 0 Å². The van der Waals surface area contributed by atoms with Gasteiger partial charge in [-0.15, -0.1) is 0 Å². The lowest BCUT2D eigenvalue weighted by Crippen LogP contribution is -2.01. The third-order valence-electron chi connectivity index (χ3n) is 20.6. The summed E-state index contributed by atoms with van der Waals surface area (Å²) in [4.78, 5) is 24.7.